The Balaban J connectivity index is 1.92. The Bertz CT molecular complexity index is 397. The van der Waals surface area contributed by atoms with Crippen LogP contribution in [0.5, 0.6) is 0 Å². The lowest BCUT2D eigenvalue weighted by Gasteiger charge is -2.36. The molecule has 0 saturated carbocycles. The molecule has 0 aliphatic carbocycles. The molecular weight excluding hydrogens is 242 g/mol. The molecule has 5 nitrogen and oxygen atoms in total. The summed E-state index contributed by atoms with van der Waals surface area (Å²) in [7, 11) is 0. The first-order valence-corrected chi connectivity index (χ1v) is 6.80. The second-order valence-electron chi connectivity index (χ2n) is 5.23. The molecule has 2 N–H and O–H groups in total. The largest absolute Gasteiger partial charge is 0.394 e. The molecule has 0 bridgehead atoms. The molecule has 5 heteroatoms. The van der Waals surface area contributed by atoms with Crippen molar-refractivity contribution in [3.05, 3.63) is 23.5 Å². The highest BCUT2D eigenvalue weighted by Gasteiger charge is 2.19. The number of anilines is 1. The van der Waals surface area contributed by atoms with Gasteiger partial charge in [0.25, 0.3) is 0 Å². The van der Waals surface area contributed by atoms with E-state index < -0.39 is 6.10 Å². The minimum Gasteiger partial charge on any atom is -0.394 e. The lowest BCUT2D eigenvalue weighted by molar-refractivity contribution is 0.0575. The number of nitrogens with zero attached hydrogens (tertiary/aromatic N) is 3. The van der Waals surface area contributed by atoms with Gasteiger partial charge in [0.1, 0.15) is 0 Å². The van der Waals surface area contributed by atoms with Gasteiger partial charge in [0.15, 0.2) is 0 Å². The molecule has 1 aliphatic rings. The fourth-order valence-electron chi connectivity index (χ4n) is 2.54. The first kappa shape index (κ1) is 14.2. The van der Waals surface area contributed by atoms with Gasteiger partial charge in [-0.15, -0.1) is 0 Å². The van der Waals surface area contributed by atoms with Gasteiger partial charge in [-0.2, -0.15) is 0 Å². The Kier molecular flexibility index (Phi) is 4.74. The highest BCUT2D eigenvalue weighted by molar-refractivity contribution is 5.48. The average Bonchev–Trinajstić information content (AvgIpc) is 2.38. The summed E-state index contributed by atoms with van der Waals surface area (Å²) >= 11 is 0. The number of hydrogen-bond acceptors (Lipinski definition) is 5. The zero-order valence-electron chi connectivity index (χ0n) is 11.7. The predicted molar refractivity (Wildman–Crippen MR) is 75.5 cm³/mol. The second kappa shape index (κ2) is 6.32. The van der Waals surface area contributed by atoms with Crippen molar-refractivity contribution in [2.75, 3.05) is 44.2 Å². The van der Waals surface area contributed by atoms with E-state index in [2.05, 4.69) is 26.9 Å². The second-order valence-corrected chi connectivity index (χ2v) is 5.23. The summed E-state index contributed by atoms with van der Waals surface area (Å²) in [5.74, 6) is 0. The average molecular weight is 265 g/mol. The highest BCUT2D eigenvalue weighted by Crippen LogP contribution is 2.18. The summed E-state index contributed by atoms with van der Waals surface area (Å²) < 4.78 is 0. The summed E-state index contributed by atoms with van der Waals surface area (Å²) in [4.78, 5) is 8.94. The van der Waals surface area contributed by atoms with Gasteiger partial charge in [-0.05, 0) is 26.0 Å². The third-order valence-electron chi connectivity index (χ3n) is 3.48. The number of piperazine rings is 1. The molecule has 0 radical (unpaired) electrons. The number of aromatic nitrogens is 1. The SMILES string of the molecule is Cc1cc(N2CCN(C[C@H](O)CO)CC2)cc(C)n1. The van der Waals surface area contributed by atoms with Gasteiger partial charge in [0, 0.05) is 49.8 Å². The normalized spacial score (nSPS) is 18.6. The van der Waals surface area contributed by atoms with E-state index >= 15 is 0 Å². The van der Waals surface area contributed by atoms with Crippen LogP contribution in [0, 0.1) is 13.8 Å². The third kappa shape index (κ3) is 3.89. The number of rotatable bonds is 4. The molecule has 0 unspecified atom stereocenters. The maximum atomic E-state index is 9.45. The number of aliphatic hydroxyl groups excluding tert-OH is 2. The first-order chi connectivity index (χ1) is 9.08. The molecular formula is C14H23N3O2. The quantitative estimate of drug-likeness (QED) is 0.813. The maximum absolute atomic E-state index is 9.45. The van der Waals surface area contributed by atoms with E-state index in [1.54, 1.807) is 0 Å². The van der Waals surface area contributed by atoms with E-state index in [-0.39, 0.29) is 6.61 Å². The van der Waals surface area contributed by atoms with Crippen LogP contribution in [0.15, 0.2) is 12.1 Å². The van der Waals surface area contributed by atoms with E-state index in [0.29, 0.717) is 6.54 Å². The summed E-state index contributed by atoms with van der Waals surface area (Å²) in [5.41, 5.74) is 3.33. The van der Waals surface area contributed by atoms with E-state index in [0.717, 1.165) is 37.6 Å². The molecule has 2 heterocycles. The van der Waals surface area contributed by atoms with Crippen LogP contribution in [0.25, 0.3) is 0 Å². The molecule has 106 valence electrons. The van der Waals surface area contributed by atoms with Crippen molar-refractivity contribution in [2.45, 2.75) is 20.0 Å². The Labute approximate surface area is 114 Å². The van der Waals surface area contributed by atoms with Gasteiger partial charge in [-0.1, -0.05) is 0 Å². The van der Waals surface area contributed by atoms with Gasteiger partial charge in [-0.25, -0.2) is 0 Å². The molecule has 1 aromatic rings. The van der Waals surface area contributed by atoms with Crippen molar-refractivity contribution in [1.29, 1.82) is 0 Å². The standard InChI is InChI=1S/C14H23N3O2/c1-11-7-13(8-12(2)15-11)17-5-3-16(4-6-17)9-14(19)10-18/h7-8,14,18-19H,3-6,9-10H2,1-2H3/t14-/m0/s1. The monoisotopic (exact) mass is 265 g/mol. The zero-order valence-corrected chi connectivity index (χ0v) is 11.7. The van der Waals surface area contributed by atoms with Crippen molar-refractivity contribution >= 4 is 5.69 Å². The lowest BCUT2D eigenvalue weighted by Crippen LogP contribution is -2.49. The Morgan fingerprint density at radius 1 is 1.16 bits per heavy atom. The van der Waals surface area contributed by atoms with Crippen LogP contribution in [0.2, 0.25) is 0 Å². The number of β-amino-alcohol motifs (C(OH)–C–C–N with tert-alkyl or cyclic N) is 1. The van der Waals surface area contributed by atoms with Crippen molar-refractivity contribution in [1.82, 2.24) is 9.88 Å². The molecule has 1 saturated heterocycles. The van der Waals surface area contributed by atoms with Crippen LogP contribution >= 0.6 is 0 Å². The Morgan fingerprint density at radius 2 is 1.74 bits per heavy atom. The molecule has 1 aromatic heterocycles. The zero-order chi connectivity index (χ0) is 13.8. The van der Waals surface area contributed by atoms with Gasteiger partial charge >= 0.3 is 0 Å². The van der Waals surface area contributed by atoms with Crippen LogP contribution in [0.4, 0.5) is 5.69 Å². The first-order valence-electron chi connectivity index (χ1n) is 6.80. The summed E-state index contributed by atoms with van der Waals surface area (Å²) in [6, 6.07) is 4.23. The van der Waals surface area contributed by atoms with E-state index in [1.807, 2.05) is 13.8 Å². The van der Waals surface area contributed by atoms with Crippen LogP contribution in [0.3, 0.4) is 0 Å². The van der Waals surface area contributed by atoms with Gasteiger partial charge in [-0.3, -0.25) is 9.88 Å². The van der Waals surface area contributed by atoms with Crippen molar-refractivity contribution < 1.29 is 10.2 Å². The fraction of sp³-hybridized carbons (Fsp3) is 0.643. The summed E-state index contributed by atoms with van der Waals surface area (Å²) in [5, 5.41) is 18.3. The van der Waals surface area contributed by atoms with Crippen LogP contribution in [-0.4, -0.2) is 65.5 Å². The van der Waals surface area contributed by atoms with Crippen LogP contribution < -0.4 is 4.90 Å². The van der Waals surface area contributed by atoms with Crippen molar-refractivity contribution in [3.63, 3.8) is 0 Å². The Hall–Kier alpha value is -1.17. The number of pyridine rings is 1. The smallest absolute Gasteiger partial charge is 0.0897 e. The molecule has 0 spiro atoms. The van der Waals surface area contributed by atoms with Crippen molar-refractivity contribution in [3.8, 4) is 0 Å². The van der Waals surface area contributed by atoms with Crippen LogP contribution in [-0.2, 0) is 0 Å². The molecule has 0 amide bonds. The number of aliphatic hydroxyl groups is 2. The minimum atomic E-state index is -0.628. The summed E-state index contributed by atoms with van der Waals surface area (Å²) in [6.45, 7) is 8.15. The Morgan fingerprint density at radius 3 is 2.26 bits per heavy atom. The molecule has 1 atom stereocenters. The fourth-order valence-corrected chi connectivity index (χ4v) is 2.54. The highest BCUT2D eigenvalue weighted by atomic mass is 16.3. The van der Waals surface area contributed by atoms with Crippen LogP contribution in [0.1, 0.15) is 11.4 Å². The van der Waals surface area contributed by atoms with E-state index in [1.165, 1.54) is 5.69 Å². The van der Waals surface area contributed by atoms with Gasteiger partial charge in [0.2, 0.25) is 0 Å². The molecule has 0 aromatic carbocycles. The minimum absolute atomic E-state index is 0.164. The van der Waals surface area contributed by atoms with Gasteiger partial charge < -0.3 is 15.1 Å². The topological polar surface area (TPSA) is 59.8 Å². The van der Waals surface area contributed by atoms with E-state index in [9.17, 15) is 5.11 Å². The lowest BCUT2D eigenvalue weighted by atomic mass is 10.2. The predicted octanol–water partition coefficient (Wildman–Crippen LogP) is 0.174. The molecule has 19 heavy (non-hydrogen) atoms. The van der Waals surface area contributed by atoms with E-state index in [4.69, 9.17) is 5.11 Å². The van der Waals surface area contributed by atoms with Crippen molar-refractivity contribution in [2.24, 2.45) is 0 Å². The molecule has 1 fully saturated rings. The number of aryl methyl sites for hydroxylation is 2. The number of hydrogen-bond donors (Lipinski definition) is 2. The third-order valence-corrected chi connectivity index (χ3v) is 3.48. The maximum Gasteiger partial charge on any atom is 0.0897 e. The molecule has 1 aliphatic heterocycles. The summed E-state index contributed by atoms with van der Waals surface area (Å²) in [6.07, 6.45) is -0.628. The molecule has 2 rings (SSSR count). The van der Waals surface area contributed by atoms with Gasteiger partial charge in [0.05, 0.1) is 12.7 Å².